The van der Waals surface area contributed by atoms with E-state index in [1.807, 2.05) is 24.3 Å². The molecule has 112 valence electrons. The predicted octanol–water partition coefficient (Wildman–Crippen LogP) is 2.60. The Morgan fingerprint density at radius 1 is 1.14 bits per heavy atom. The molecule has 2 rings (SSSR count). The van der Waals surface area contributed by atoms with Crippen LogP contribution in [0.15, 0.2) is 30.3 Å². The van der Waals surface area contributed by atoms with Crippen LogP contribution in [0.3, 0.4) is 0 Å². The van der Waals surface area contributed by atoms with Crippen molar-refractivity contribution in [2.75, 3.05) is 23.8 Å². The molecule has 5 heteroatoms. The number of pyridine rings is 1. The molecule has 0 unspecified atom stereocenters. The molecule has 1 aromatic carbocycles. The first-order chi connectivity index (χ1) is 10.1. The van der Waals surface area contributed by atoms with Crippen molar-refractivity contribution >= 4 is 17.3 Å². The van der Waals surface area contributed by atoms with E-state index < -0.39 is 0 Å². The molecule has 1 aromatic heterocycles. The maximum absolute atomic E-state index is 5.96. The van der Waals surface area contributed by atoms with Crippen molar-refractivity contribution in [3.8, 4) is 5.75 Å². The van der Waals surface area contributed by atoms with E-state index in [9.17, 15) is 0 Å². The molecule has 0 radical (unpaired) electrons. The molecule has 2 aromatic rings. The Kier molecular flexibility index (Phi) is 4.87. The fourth-order valence-corrected chi connectivity index (χ4v) is 2.10. The molecular weight excluding hydrogens is 264 g/mol. The molecule has 0 saturated heterocycles. The number of anilines is 3. The average molecular weight is 286 g/mol. The van der Waals surface area contributed by atoms with Crippen molar-refractivity contribution in [3.63, 3.8) is 0 Å². The minimum absolute atomic E-state index is 0.278. The molecule has 0 amide bonds. The largest absolute Gasteiger partial charge is 0.494 e. The number of aromatic nitrogens is 1. The first-order valence-corrected chi connectivity index (χ1v) is 7.12. The van der Waals surface area contributed by atoms with Crippen LogP contribution in [0.25, 0.3) is 0 Å². The summed E-state index contributed by atoms with van der Waals surface area (Å²) in [6.07, 6.45) is 2.81. The van der Waals surface area contributed by atoms with Gasteiger partial charge in [0.2, 0.25) is 0 Å². The van der Waals surface area contributed by atoms with E-state index in [0.29, 0.717) is 17.9 Å². The van der Waals surface area contributed by atoms with Gasteiger partial charge in [-0.15, -0.1) is 0 Å². The van der Waals surface area contributed by atoms with E-state index >= 15 is 0 Å². The van der Waals surface area contributed by atoms with Crippen molar-refractivity contribution in [1.29, 1.82) is 0 Å². The number of unbranched alkanes of at least 4 members (excludes halogenated alkanes) is 1. The van der Waals surface area contributed by atoms with Gasteiger partial charge in [-0.2, -0.15) is 0 Å². The van der Waals surface area contributed by atoms with Gasteiger partial charge in [-0.1, -0.05) is 25.5 Å². The summed E-state index contributed by atoms with van der Waals surface area (Å²) in [4.78, 5) is 3.95. The van der Waals surface area contributed by atoms with Crippen molar-refractivity contribution in [1.82, 2.24) is 4.98 Å². The number of nitrogen functional groups attached to an aromatic ring is 3. The second-order valence-electron chi connectivity index (χ2n) is 5.03. The second-order valence-corrected chi connectivity index (χ2v) is 5.03. The predicted molar refractivity (Wildman–Crippen MR) is 87.1 cm³/mol. The molecule has 6 N–H and O–H groups in total. The lowest BCUT2D eigenvalue weighted by atomic mass is 10.0. The van der Waals surface area contributed by atoms with Gasteiger partial charge >= 0.3 is 0 Å². The third-order valence-electron chi connectivity index (χ3n) is 3.25. The number of hydrogen-bond acceptors (Lipinski definition) is 5. The molecule has 0 atom stereocenters. The Labute approximate surface area is 125 Å². The highest BCUT2D eigenvalue weighted by Gasteiger charge is 2.07. The summed E-state index contributed by atoms with van der Waals surface area (Å²) in [5, 5.41) is 0. The SMILES string of the molecule is CCCCOc1cccc(Cc2cc(N)nc(N)c2N)c1. The molecule has 0 aliphatic rings. The quantitative estimate of drug-likeness (QED) is 0.709. The molecule has 5 nitrogen and oxygen atoms in total. The van der Waals surface area contributed by atoms with Crippen LogP contribution in [0.1, 0.15) is 30.9 Å². The van der Waals surface area contributed by atoms with Crippen LogP contribution < -0.4 is 21.9 Å². The third kappa shape index (κ3) is 4.02. The van der Waals surface area contributed by atoms with E-state index in [1.54, 1.807) is 6.07 Å². The lowest BCUT2D eigenvalue weighted by molar-refractivity contribution is 0.309. The monoisotopic (exact) mass is 286 g/mol. The highest BCUT2D eigenvalue weighted by Crippen LogP contribution is 2.24. The maximum atomic E-state index is 5.96. The fourth-order valence-electron chi connectivity index (χ4n) is 2.10. The Bertz CT molecular complexity index is 613. The summed E-state index contributed by atoms with van der Waals surface area (Å²) in [7, 11) is 0. The van der Waals surface area contributed by atoms with Crippen molar-refractivity contribution < 1.29 is 4.74 Å². The molecule has 0 aliphatic carbocycles. The van der Waals surface area contributed by atoms with Crippen LogP contribution in [-0.2, 0) is 6.42 Å². The third-order valence-corrected chi connectivity index (χ3v) is 3.25. The Hall–Kier alpha value is -2.43. The van der Waals surface area contributed by atoms with Gasteiger partial charge < -0.3 is 21.9 Å². The van der Waals surface area contributed by atoms with Crippen molar-refractivity contribution in [2.45, 2.75) is 26.2 Å². The second kappa shape index (κ2) is 6.83. The van der Waals surface area contributed by atoms with Gasteiger partial charge in [0.15, 0.2) is 0 Å². The van der Waals surface area contributed by atoms with Gasteiger partial charge in [0, 0.05) is 0 Å². The van der Waals surface area contributed by atoms with Gasteiger partial charge in [0.05, 0.1) is 12.3 Å². The molecular formula is C16H22N4O. The molecule has 0 bridgehead atoms. The lowest BCUT2D eigenvalue weighted by Gasteiger charge is -2.11. The molecule has 0 saturated carbocycles. The maximum Gasteiger partial charge on any atom is 0.149 e. The van der Waals surface area contributed by atoms with Gasteiger partial charge in [-0.25, -0.2) is 4.98 Å². The summed E-state index contributed by atoms with van der Waals surface area (Å²) in [6, 6.07) is 9.73. The zero-order valence-electron chi connectivity index (χ0n) is 12.3. The van der Waals surface area contributed by atoms with E-state index in [2.05, 4.69) is 11.9 Å². The van der Waals surface area contributed by atoms with Crippen LogP contribution in [0.4, 0.5) is 17.3 Å². The fraction of sp³-hybridized carbons (Fsp3) is 0.312. The molecule has 21 heavy (non-hydrogen) atoms. The summed E-state index contributed by atoms with van der Waals surface area (Å²) < 4.78 is 5.71. The Balaban J connectivity index is 2.14. The number of benzene rings is 1. The topological polar surface area (TPSA) is 100 Å². The number of hydrogen-bond donors (Lipinski definition) is 3. The number of rotatable bonds is 6. The molecule has 0 spiro atoms. The summed E-state index contributed by atoms with van der Waals surface area (Å²) in [6.45, 7) is 2.87. The summed E-state index contributed by atoms with van der Waals surface area (Å²) >= 11 is 0. The van der Waals surface area contributed by atoms with Crippen LogP contribution in [0.5, 0.6) is 5.75 Å². The minimum Gasteiger partial charge on any atom is -0.494 e. The molecule has 0 aliphatic heterocycles. The van der Waals surface area contributed by atoms with E-state index in [4.69, 9.17) is 21.9 Å². The highest BCUT2D eigenvalue weighted by molar-refractivity contribution is 5.67. The van der Waals surface area contributed by atoms with Crippen LogP contribution in [0.2, 0.25) is 0 Å². The van der Waals surface area contributed by atoms with Crippen molar-refractivity contribution in [3.05, 3.63) is 41.5 Å². The van der Waals surface area contributed by atoms with Gasteiger partial charge in [-0.05, 0) is 42.2 Å². The lowest BCUT2D eigenvalue weighted by Crippen LogP contribution is -2.06. The average Bonchev–Trinajstić information content (AvgIpc) is 2.45. The summed E-state index contributed by atoms with van der Waals surface area (Å²) in [5.41, 5.74) is 19.9. The van der Waals surface area contributed by atoms with Crippen molar-refractivity contribution in [2.24, 2.45) is 0 Å². The Morgan fingerprint density at radius 2 is 1.95 bits per heavy atom. The zero-order chi connectivity index (χ0) is 15.2. The summed E-state index contributed by atoms with van der Waals surface area (Å²) in [5.74, 6) is 1.53. The van der Waals surface area contributed by atoms with Gasteiger partial charge in [0.25, 0.3) is 0 Å². The van der Waals surface area contributed by atoms with Gasteiger partial charge in [-0.3, -0.25) is 0 Å². The number of ether oxygens (including phenoxy) is 1. The molecule has 1 heterocycles. The smallest absolute Gasteiger partial charge is 0.149 e. The van der Waals surface area contributed by atoms with Crippen LogP contribution in [-0.4, -0.2) is 11.6 Å². The standard InChI is InChI=1S/C16H22N4O/c1-2-3-7-21-13-6-4-5-11(9-13)8-12-10-14(17)20-16(19)15(12)18/h4-6,9-10H,2-3,7-8,18H2,1H3,(H4,17,19,20). The number of nitrogens with two attached hydrogens (primary N) is 3. The van der Waals surface area contributed by atoms with Crippen LogP contribution >= 0.6 is 0 Å². The first kappa shape index (κ1) is 15.0. The normalized spacial score (nSPS) is 10.5. The molecule has 0 fully saturated rings. The number of nitrogens with zero attached hydrogens (tertiary/aromatic N) is 1. The van der Waals surface area contributed by atoms with E-state index in [1.165, 1.54) is 0 Å². The highest BCUT2D eigenvalue weighted by atomic mass is 16.5. The van der Waals surface area contributed by atoms with Crippen LogP contribution in [0, 0.1) is 0 Å². The first-order valence-electron chi connectivity index (χ1n) is 7.12. The Morgan fingerprint density at radius 3 is 2.71 bits per heavy atom. The van der Waals surface area contributed by atoms with E-state index in [0.717, 1.165) is 36.3 Å². The van der Waals surface area contributed by atoms with E-state index in [-0.39, 0.29) is 5.82 Å². The minimum atomic E-state index is 0.278. The zero-order valence-corrected chi connectivity index (χ0v) is 12.3. The van der Waals surface area contributed by atoms with Gasteiger partial charge in [0.1, 0.15) is 17.4 Å².